The first-order valence-corrected chi connectivity index (χ1v) is 17.6. The Morgan fingerprint density at radius 3 is 2.56 bits per heavy atom. The number of nitrogens with one attached hydrogen (secondary N) is 1. The maximum atomic E-state index is 13.9. The lowest BCUT2D eigenvalue weighted by Gasteiger charge is -2.41. The van der Waals surface area contributed by atoms with Gasteiger partial charge in [-0.1, -0.05) is 38.3 Å². The van der Waals surface area contributed by atoms with Crippen LogP contribution in [0.4, 0.5) is 0 Å². The van der Waals surface area contributed by atoms with Crippen LogP contribution in [0.25, 0.3) is 39.5 Å². The topological polar surface area (TPSA) is 124 Å². The molecule has 1 amide bonds. The van der Waals surface area contributed by atoms with E-state index >= 15 is 0 Å². The Kier molecular flexibility index (Phi) is 8.80. The molecule has 2 aliphatic rings. The number of rotatable bonds is 10. The second-order valence-corrected chi connectivity index (χ2v) is 13.9. The SMILES string of the molecule is CCCCOC(=O)C=Cc1ccc2nc(C3(NC(=O)c4ccc5c(C6CCCC6)c(-c6ncc(Br)cn6)n(O)c5c4)CCC3)n(C)c2c1. The third kappa shape index (κ3) is 5.89. The van der Waals surface area contributed by atoms with Gasteiger partial charge < -0.3 is 19.8 Å². The molecule has 0 bridgehead atoms. The van der Waals surface area contributed by atoms with E-state index < -0.39 is 5.54 Å². The molecule has 7 rings (SSSR count). The van der Waals surface area contributed by atoms with E-state index in [1.165, 1.54) is 6.08 Å². The first kappa shape index (κ1) is 32.1. The summed E-state index contributed by atoms with van der Waals surface area (Å²) in [5, 5.41) is 15.8. The Bertz CT molecular complexity index is 2040. The number of imidazole rings is 1. The first-order valence-electron chi connectivity index (χ1n) is 16.8. The number of esters is 1. The molecular weight excluding hydrogens is 672 g/mol. The molecule has 3 heterocycles. The molecule has 2 aliphatic carbocycles. The Morgan fingerprint density at radius 1 is 1.08 bits per heavy atom. The smallest absolute Gasteiger partial charge is 0.330 e. The van der Waals surface area contributed by atoms with Crippen LogP contribution >= 0.6 is 15.9 Å². The number of benzene rings is 2. The summed E-state index contributed by atoms with van der Waals surface area (Å²) in [6, 6.07) is 11.4. The molecule has 248 valence electrons. The quantitative estimate of drug-likeness (QED) is 0.0656. The minimum absolute atomic E-state index is 0.223. The van der Waals surface area contributed by atoms with Crippen molar-refractivity contribution >= 4 is 55.8 Å². The lowest BCUT2D eigenvalue weighted by Crippen LogP contribution is -2.52. The van der Waals surface area contributed by atoms with Crippen molar-refractivity contribution in [2.45, 2.75) is 76.2 Å². The number of fused-ring (bicyclic) bond motifs is 2. The fraction of sp³-hybridized carbons (Fsp3) is 0.378. The fourth-order valence-electron chi connectivity index (χ4n) is 7.21. The predicted molar refractivity (Wildman–Crippen MR) is 188 cm³/mol. The molecule has 0 unspecified atom stereocenters. The molecule has 5 aromatic rings. The van der Waals surface area contributed by atoms with Gasteiger partial charge >= 0.3 is 5.97 Å². The van der Waals surface area contributed by atoms with Crippen molar-refractivity contribution < 1.29 is 19.5 Å². The lowest BCUT2D eigenvalue weighted by atomic mass is 9.75. The summed E-state index contributed by atoms with van der Waals surface area (Å²) in [5.74, 6) is 0.949. The second-order valence-electron chi connectivity index (χ2n) is 13.0. The number of hydrogen-bond donors (Lipinski definition) is 2. The summed E-state index contributed by atoms with van der Waals surface area (Å²) >= 11 is 3.41. The Balaban J connectivity index is 1.18. The summed E-state index contributed by atoms with van der Waals surface area (Å²) in [5.41, 5.74) is 4.61. The Hall–Kier alpha value is -4.51. The molecule has 48 heavy (non-hydrogen) atoms. The predicted octanol–water partition coefficient (Wildman–Crippen LogP) is 7.81. The largest absolute Gasteiger partial charge is 0.463 e. The molecule has 0 radical (unpaired) electrons. The molecule has 10 nitrogen and oxygen atoms in total. The van der Waals surface area contributed by atoms with Gasteiger partial charge in [-0.2, -0.15) is 4.73 Å². The number of halogens is 1. The van der Waals surface area contributed by atoms with Crippen LogP contribution in [-0.2, 0) is 22.1 Å². The summed E-state index contributed by atoms with van der Waals surface area (Å²) in [6.07, 6.45) is 15.2. The summed E-state index contributed by atoms with van der Waals surface area (Å²) in [7, 11) is 1.96. The second kappa shape index (κ2) is 13.2. The molecule has 2 saturated carbocycles. The van der Waals surface area contributed by atoms with Crippen molar-refractivity contribution in [2.24, 2.45) is 7.05 Å². The van der Waals surface area contributed by atoms with Crippen LogP contribution in [0, 0.1) is 0 Å². The number of aromatic nitrogens is 5. The lowest BCUT2D eigenvalue weighted by molar-refractivity contribution is -0.137. The van der Waals surface area contributed by atoms with Gasteiger partial charge in [-0.25, -0.2) is 19.7 Å². The number of unbranched alkanes of at least 4 members (excludes halogenated alkanes) is 1. The molecule has 0 aliphatic heterocycles. The molecule has 2 fully saturated rings. The molecule has 2 N–H and O–H groups in total. The van der Waals surface area contributed by atoms with Crippen LogP contribution in [0.2, 0.25) is 0 Å². The van der Waals surface area contributed by atoms with Crippen molar-refractivity contribution in [1.82, 2.24) is 29.6 Å². The van der Waals surface area contributed by atoms with E-state index in [2.05, 4.69) is 38.1 Å². The van der Waals surface area contributed by atoms with Crippen molar-refractivity contribution in [3.05, 3.63) is 81.9 Å². The van der Waals surface area contributed by atoms with E-state index in [1.54, 1.807) is 24.5 Å². The van der Waals surface area contributed by atoms with Gasteiger partial charge in [-0.3, -0.25) is 4.79 Å². The van der Waals surface area contributed by atoms with E-state index in [1.807, 2.05) is 41.9 Å². The number of carbonyl (C=O) groups excluding carboxylic acids is 2. The van der Waals surface area contributed by atoms with E-state index in [4.69, 9.17) is 9.72 Å². The van der Waals surface area contributed by atoms with E-state index in [9.17, 15) is 14.8 Å². The van der Waals surface area contributed by atoms with Gasteiger partial charge in [-0.05, 0) is 102 Å². The zero-order valence-electron chi connectivity index (χ0n) is 27.2. The number of amides is 1. The van der Waals surface area contributed by atoms with E-state index in [0.29, 0.717) is 29.2 Å². The standard InChI is InChI=1S/C37H39BrN6O4/c1-3-4-18-48-31(45)15-11-23-10-14-28-30(19-23)43(2)36(41-28)37(16-7-17-37)42-35(46)25-12-13-27-29(20-25)44(47)33(32(27)24-8-5-6-9-24)34-39-21-26(38)22-40-34/h10-15,19-22,24,47H,3-9,16-18H2,1-2H3,(H,42,46). The highest BCUT2D eigenvalue weighted by molar-refractivity contribution is 9.10. The maximum Gasteiger partial charge on any atom is 0.330 e. The van der Waals surface area contributed by atoms with Crippen LogP contribution in [0.15, 0.2) is 59.3 Å². The van der Waals surface area contributed by atoms with Gasteiger partial charge in [0.25, 0.3) is 5.91 Å². The Morgan fingerprint density at radius 2 is 1.85 bits per heavy atom. The third-order valence-corrected chi connectivity index (χ3v) is 10.3. The minimum atomic E-state index is -0.620. The van der Waals surface area contributed by atoms with Crippen LogP contribution in [0.3, 0.4) is 0 Å². The number of aryl methyl sites for hydroxylation is 1. The average Bonchev–Trinajstić information content (AvgIpc) is 3.79. The van der Waals surface area contributed by atoms with Gasteiger partial charge in [0.2, 0.25) is 0 Å². The maximum absolute atomic E-state index is 13.9. The highest BCUT2D eigenvalue weighted by Crippen LogP contribution is 2.45. The summed E-state index contributed by atoms with van der Waals surface area (Å²) in [6.45, 7) is 2.47. The monoisotopic (exact) mass is 710 g/mol. The fourth-order valence-corrected chi connectivity index (χ4v) is 7.41. The molecule has 0 atom stereocenters. The molecule has 0 spiro atoms. The molecule has 2 aromatic carbocycles. The van der Waals surface area contributed by atoms with Gasteiger partial charge in [0.15, 0.2) is 5.82 Å². The summed E-state index contributed by atoms with van der Waals surface area (Å²) < 4.78 is 9.19. The minimum Gasteiger partial charge on any atom is -0.463 e. The molecule has 11 heteroatoms. The van der Waals surface area contributed by atoms with Crippen molar-refractivity contribution in [3.63, 3.8) is 0 Å². The van der Waals surface area contributed by atoms with E-state index in [-0.39, 0.29) is 17.8 Å². The zero-order chi connectivity index (χ0) is 33.4. The van der Waals surface area contributed by atoms with E-state index in [0.717, 1.165) is 100 Å². The first-order chi connectivity index (χ1) is 23.3. The van der Waals surface area contributed by atoms with Crippen LogP contribution < -0.4 is 5.32 Å². The zero-order valence-corrected chi connectivity index (χ0v) is 28.8. The molecule has 0 saturated heterocycles. The van der Waals surface area contributed by atoms with Gasteiger partial charge in [0.1, 0.15) is 11.5 Å². The van der Waals surface area contributed by atoms with Gasteiger partial charge in [0, 0.05) is 36.5 Å². The average molecular weight is 712 g/mol. The molecule has 3 aromatic heterocycles. The number of hydrogen-bond acceptors (Lipinski definition) is 7. The van der Waals surface area contributed by atoms with Crippen molar-refractivity contribution in [2.75, 3.05) is 6.61 Å². The number of nitrogens with zero attached hydrogens (tertiary/aromatic N) is 5. The van der Waals surface area contributed by atoms with Gasteiger partial charge in [-0.15, -0.1) is 0 Å². The van der Waals surface area contributed by atoms with Crippen LogP contribution in [0.5, 0.6) is 0 Å². The summed E-state index contributed by atoms with van der Waals surface area (Å²) in [4.78, 5) is 40.0. The highest BCUT2D eigenvalue weighted by atomic mass is 79.9. The number of carbonyl (C=O) groups is 2. The normalized spacial score (nSPS) is 16.1. The van der Waals surface area contributed by atoms with Crippen molar-refractivity contribution in [3.8, 4) is 11.5 Å². The van der Waals surface area contributed by atoms with Crippen LogP contribution in [0.1, 0.15) is 97.9 Å². The highest BCUT2D eigenvalue weighted by Gasteiger charge is 2.44. The van der Waals surface area contributed by atoms with Crippen molar-refractivity contribution in [1.29, 1.82) is 0 Å². The van der Waals surface area contributed by atoms with Crippen LogP contribution in [-0.4, -0.2) is 47.9 Å². The Labute approximate surface area is 287 Å². The molecular formula is C37H39BrN6O4. The number of ether oxygens (including phenoxy) is 1. The third-order valence-electron chi connectivity index (χ3n) is 9.89. The van der Waals surface area contributed by atoms with Gasteiger partial charge in [0.05, 0.1) is 33.2 Å².